The molecule has 0 saturated heterocycles. The van der Waals surface area contributed by atoms with Crippen molar-refractivity contribution in [2.24, 2.45) is 0 Å². The van der Waals surface area contributed by atoms with Crippen molar-refractivity contribution in [3.63, 3.8) is 0 Å². The summed E-state index contributed by atoms with van der Waals surface area (Å²) >= 11 is 0. The van der Waals surface area contributed by atoms with Crippen molar-refractivity contribution in [3.05, 3.63) is 53.8 Å². The van der Waals surface area contributed by atoms with Gasteiger partial charge in [-0.25, -0.2) is 12.8 Å². The van der Waals surface area contributed by atoms with Gasteiger partial charge in [0, 0.05) is 0 Å². The summed E-state index contributed by atoms with van der Waals surface area (Å²) in [5.74, 6) is -1.40. The van der Waals surface area contributed by atoms with Crippen LogP contribution in [0, 0.1) is 5.82 Å². The zero-order valence-corrected chi connectivity index (χ0v) is 15.9. The number of benzene rings is 2. The Morgan fingerprint density at radius 1 is 1.04 bits per heavy atom. The summed E-state index contributed by atoms with van der Waals surface area (Å²) < 4.78 is 53.9. The van der Waals surface area contributed by atoms with Gasteiger partial charge < -0.3 is 14.2 Å². The topological polar surface area (TPSA) is 108 Å². The van der Waals surface area contributed by atoms with Gasteiger partial charge in [-0.3, -0.25) is 9.59 Å². The minimum absolute atomic E-state index is 0.154. The molecule has 8 nitrogen and oxygen atoms in total. The predicted octanol–water partition coefficient (Wildman–Crippen LogP) is 1.55. The molecule has 0 radical (unpaired) electrons. The maximum absolute atomic E-state index is 12.9. The molecule has 0 heterocycles. The van der Waals surface area contributed by atoms with Crippen LogP contribution in [-0.4, -0.2) is 47.5 Å². The summed E-state index contributed by atoms with van der Waals surface area (Å²) in [6.45, 7) is -1.30. The van der Waals surface area contributed by atoms with E-state index in [4.69, 9.17) is 14.2 Å². The first-order valence-corrected chi connectivity index (χ1v) is 9.41. The largest absolute Gasteiger partial charge is 0.497 e. The predicted molar refractivity (Wildman–Crippen MR) is 96.4 cm³/mol. The first-order chi connectivity index (χ1) is 13.3. The molecule has 0 aliphatic rings. The molecule has 0 aromatic heterocycles. The lowest BCUT2D eigenvalue weighted by Crippen LogP contribution is -2.31. The van der Waals surface area contributed by atoms with Gasteiger partial charge in [0.1, 0.15) is 23.9 Å². The minimum Gasteiger partial charge on any atom is -0.497 e. The minimum atomic E-state index is -4.02. The van der Waals surface area contributed by atoms with Crippen LogP contribution in [0.5, 0.6) is 11.5 Å². The van der Waals surface area contributed by atoms with Crippen molar-refractivity contribution in [1.29, 1.82) is 0 Å². The molecule has 0 saturated carbocycles. The number of sulfonamides is 1. The Balaban J connectivity index is 1.93. The van der Waals surface area contributed by atoms with Crippen molar-refractivity contribution in [2.75, 3.05) is 27.4 Å². The second-order valence-corrected chi connectivity index (χ2v) is 7.20. The lowest BCUT2D eigenvalue weighted by atomic mass is 10.1. The normalized spacial score (nSPS) is 11.0. The molecule has 150 valence electrons. The van der Waals surface area contributed by atoms with E-state index in [9.17, 15) is 22.4 Å². The fraction of sp³-hybridized carbons (Fsp3) is 0.222. The van der Waals surface area contributed by atoms with E-state index in [1.165, 1.54) is 26.4 Å². The fourth-order valence-electron chi connectivity index (χ4n) is 2.16. The van der Waals surface area contributed by atoms with Crippen molar-refractivity contribution in [2.45, 2.75) is 4.90 Å². The quantitative estimate of drug-likeness (QED) is 0.493. The monoisotopic (exact) mass is 411 g/mol. The Bertz CT molecular complexity index is 958. The summed E-state index contributed by atoms with van der Waals surface area (Å²) in [5, 5.41) is 0. The van der Waals surface area contributed by atoms with Crippen LogP contribution >= 0.6 is 0 Å². The third-order valence-corrected chi connectivity index (χ3v) is 5.02. The van der Waals surface area contributed by atoms with Crippen LogP contribution in [0.2, 0.25) is 0 Å². The van der Waals surface area contributed by atoms with E-state index in [-0.39, 0.29) is 16.2 Å². The number of hydrogen-bond acceptors (Lipinski definition) is 7. The lowest BCUT2D eigenvalue weighted by Gasteiger charge is -2.10. The average molecular weight is 411 g/mol. The van der Waals surface area contributed by atoms with Crippen LogP contribution in [0.25, 0.3) is 0 Å². The lowest BCUT2D eigenvalue weighted by molar-refractivity contribution is -0.141. The molecule has 0 aliphatic carbocycles. The molecule has 1 N–H and O–H groups in total. The molecule has 0 aliphatic heterocycles. The van der Waals surface area contributed by atoms with Gasteiger partial charge in [-0.15, -0.1) is 0 Å². The number of rotatable bonds is 9. The molecule has 0 unspecified atom stereocenters. The molecule has 2 rings (SSSR count). The zero-order valence-electron chi connectivity index (χ0n) is 15.1. The summed E-state index contributed by atoms with van der Waals surface area (Å²) in [4.78, 5) is 23.8. The first-order valence-electron chi connectivity index (χ1n) is 7.93. The van der Waals surface area contributed by atoms with E-state index in [0.29, 0.717) is 5.75 Å². The van der Waals surface area contributed by atoms with Crippen molar-refractivity contribution in [3.8, 4) is 11.5 Å². The number of halogens is 1. The van der Waals surface area contributed by atoms with Gasteiger partial charge in [0.05, 0.1) is 24.7 Å². The molecule has 28 heavy (non-hydrogen) atoms. The van der Waals surface area contributed by atoms with E-state index in [0.717, 1.165) is 24.3 Å². The number of carbonyl (C=O) groups excluding carboxylic acids is 2. The standard InChI is InChI=1S/C18H18FNO7S/c1-25-13-5-8-17(26-2)15(9-13)16(21)11-27-18(22)10-20-28(23,24)14-6-3-12(19)4-7-14/h3-9,20H,10-11H2,1-2H3. The van der Waals surface area contributed by atoms with Crippen molar-refractivity contribution < 1.29 is 36.6 Å². The van der Waals surface area contributed by atoms with Gasteiger partial charge in [0.2, 0.25) is 15.8 Å². The van der Waals surface area contributed by atoms with Gasteiger partial charge in [-0.05, 0) is 42.5 Å². The van der Waals surface area contributed by atoms with Crippen LogP contribution < -0.4 is 14.2 Å². The van der Waals surface area contributed by atoms with Gasteiger partial charge in [-0.2, -0.15) is 4.72 Å². The zero-order chi connectivity index (χ0) is 20.7. The second kappa shape index (κ2) is 9.29. The molecule has 0 bridgehead atoms. The van der Waals surface area contributed by atoms with Crippen LogP contribution in [0.1, 0.15) is 10.4 Å². The van der Waals surface area contributed by atoms with Crippen molar-refractivity contribution >= 4 is 21.8 Å². The number of nitrogens with one attached hydrogen (secondary N) is 1. The summed E-state index contributed by atoms with van der Waals surface area (Å²) in [6, 6.07) is 8.64. The molecule has 0 amide bonds. The maximum Gasteiger partial charge on any atom is 0.321 e. The molecule has 2 aromatic carbocycles. The van der Waals surface area contributed by atoms with Gasteiger partial charge in [0.15, 0.2) is 6.61 Å². The number of hydrogen-bond donors (Lipinski definition) is 1. The Morgan fingerprint density at radius 3 is 2.32 bits per heavy atom. The van der Waals surface area contributed by atoms with E-state index in [2.05, 4.69) is 0 Å². The first kappa shape index (κ1) is 21.3. The highest BCUT2D eigenvalue weighted by Crippen LogP contribution is 2.24. The van der Waals surface area contributed by atoms with Crippen LogP contribution in [0.4, 0.5) is 4.39 Å². The van der Waals surface area contributed by atoms with E-state index in [1.54, 1.807) is 6.07 Å². The number of ketones is 1. The highest BCUT2D eigenvalue weighted by atomic mass is 32.2. The number of Topliss-reactive ketones (excluding diaryl/α,β-unsaturated/α-hetero) is 1. The molecular weight excluding hydrogens is 393 g/mol. The van der Waals surface area contributed by atoms with Crippen LogP contribution in [-0.2, 0) is 19.6 Å². The second-order valence-electron chi connectivity index (χ2n) is 5.43. The maximum atomic E-state index is 12.9. The molecule has 2 aromatic rings. The van der Waals surface area contributed by atoms with Gasteiger partial charge in [0.25, 0.3) is 0 Å². The SMILES string of the molecule is COc1ccc(OC)c(C(=O)COC(=O)CNS(=O)(=O)c2ccc(F)cc2)c1. The number of esters is 1. The third kappa shape index (κ3) is 5.51. The Kier molecular flexibility index (Phi) is 7.07. The van der Waals surface area contributed by atoms with E-state index < -0.39 is 40.7 Å². The van der Waals surface area contributed by atoms with Crippen molar-refractivity contribution in [1.82, 2.24) is 4.72 Å². The highest BCUT2D eigenvalue weighted by molar-refractivity contribution is 7.89. The molecular formula is C18H18FNO7S. The molecule has 0 fully saturated rings. The smallest absolute Gasteiger partial charge is 0.321 e. The fourth-order valence-corrected chi connectivity index (χ4v) is 3.13. The molecule has 0 atom stereocenters. The number of carbonyl (C=O) groups is 2. The van der Waals surface area contributed by atoms with Gasteiger partial charge >= 0.3 is 5.97 Å². The Labute approximate surface area is 161 Å². The summed E-state index contributed by atoms with van der Waals surface area (Å²) in [5.41, 5.74) is 0.154. The third-order valence-electron chi connectivity index (χ3n) is 3.60. The average Bonchev–Trinajstić information content (AvgIpc) is 2.70. The molecule has 0 spiro atoms. The van der Waals surface area contributed by atoms with Gasteiger partial charge in [-0.1, -0.05) is 0 Å². The van der Waals surface area contributed by atoms with E-state index in [1.807, 2.05) is 4.72 Å². The summed E-state index contributed by atoms with van der Waals surface area (Å²) in [6.07, 6.45) is 0. The van der Waals surface area contributed by atoms with Crippen LogP contribution in [0.15, 0.2) is 47.4 Å². The highest BCUT2D eigenvalue weighted by Gasteiger charge is 2.19. The Hall–Kier alpha value is -2.98. The summed E-state index contributed by atoms with van der Waals surface area (Å²) in [7, 11) is -1.20. The molecule has 10 heteroatoms. The van der Waals surface area contributed by atoms with E-state index >= 15 is 0 Å². The Morgan fingerprint density at radius 2 is 1.71 bits per heavy atom. The number of ether oxygens (including phenoxy) is 3. The van der Waals surface area contributed by atoms with Crippen LogP contribution in [0.3, 0.4) is 0 Å². The number of methoxy groups -OCH3 is 2.